The Balaban J connectivity index is 1.40. The molecular weight excluding hydrogens is 637 g/mol. The standard InChI is InChI=1S/C43H38N4O2S/c1-3-5-23-43(24-6-4-2)38-26-29(35-20-18-30(25-31(28-44)42(48)49)40-41(35)46-50-45-40)17-21-36(38)37-22-19-34(27-39(37)43)47(32-13-9-7-10-14-32)33-15-11-8-12-16-33/h7-22,25-27H,3-6,23-24H2,1-2H3,(H,48,49)/b31-25+. The molecule has 0 atom stereocenters. The number of fused-ring (bicyclic) bond motifs is 4. The van der Waals surface area contributed by atoms with E-state index < -0.39 is 5.97 Å². The summed E-state index contributed by atoms with van der Waals surface area (Å²) in [6, 6.07) is 40.6. The van der Waals surface area contributed by atoms with Crippen LogP contribution in [0, 0.1) is 11.3 Å². The van der Waals surface area contributed by atoms with Crippen molar-refractivity contribution in [1.82, 2.24) is 8.75 Å². The Labute approximate surface area is 297 Å². The molecule has 0 saturated heterocycles. The van der Waals surface area contributed by atoms with Gasteiger partial charge in [0.15, 0.2) is 0 Å². The molecule has 0 amide bonds. The van der Waals surface area contributed by atoms with Crippen molar-refractivity contribution in [3.05, 3.63) is 131 Å². The molecule has 5 aromatic carbocycles. The number of rotatable bonds is 12. The summed E-state index contributed by atoms with van der Waals surface area (Å²) in [6.07, 6.45) is 7.93. The van der Waals surface area contributed by atoms with E-state index in [0.717, 1.165) is 78.4 Å². The van der Waals surface area contributed by atoms with E-state index in [4.69, 9.17) is 0 Å². The Morgan fingerprint density at radius 3 is 1.94 bits per heavy atom. The maximum atomic E-state index is 11.6. The Bertz CT molecular complexity index is 2210. The quantitative estimate of drug-likeness (QED) is 0.103. The molecule has 6 aromatic rings. The molecule has 1 aromatic heterocycles. The lowest BCUT2D eigenvalue weighted by atomic mass is 9.70. The van der Waals surface area contributed by atoms with Gasteiger partial charge in [-0.25, -0.2) is 4.79 Å². The lowest BCUT2D eigenvalue weighted by Crippen LogP contribution is -2.26. The highest BCUT2D eigenvalue weighted by molar-refractivity contribution is 7.00. The first-order valence-electron chi connectivity index (χ1n) is 17.3. The number of carboxylic acid groups (broad SMARTS) is 1. The number of unbranched alkanes of at least 4 members (excludes halogenated alkanes) is 2. The average Bonchev–Trinajstić information content (AvgIpc) is 3.75. The smallest absolute Gasteiger partial charge is 0.346 e. The van der Waals surface area contributed by atoms with Gasteiger partial charge in [0.1, 0.15) is 22.7 Å². The van der Waals surface area contributed by atoms with Crippen molar-refractivity contribution in [2.75, 3.05) is 4.90 Å². The summed E-state index contributed by atoms with van der Waals surface area (Å²) in [6.45, 7) is 4.54. The van der Waals surface area contributed by atoms with Gasteiger partial charge >= 0.3 is 5.97 Å². The SMILES string of the molecule is CCCCC1(CCCC)c2cc(-c3ccc(/C=C(\C#N)C(=O)O)c4nsnc34)ccc2-c2ccc(N(c3ccccc3)c3ccccc3)cc21. The van der Waals surface area contributed by atoms with E-state index in [0.29, 0.717) is 16.6 Å². The van der Waals surface area contributed by atoms with Crippen molar-refractivity contribution in [3.63, 3.8) is 0 Å². The monoisotopic (exact) mass is 674 g/mol. The van der Waals surface area contributed by atoms with Crippen molar-refractivity contribution in [3.8, 4) is 28.3 Å². The van der Waals surface area contributed by atoms with Crippen LogP contribution in [0.2, 0.25) is 0 Å². The lowest BCUT2D eigenvalue weighted by Gasteiger charge is -2.34. The molecule has 248 valence electrons. The van der Waals surface area contributed by atoms with Crippen LogP contribution in [-0.2, 0) is 10.2 Å². The third-order valence-corrected chi connectivity index (χ3v) is 10.5. The third-order valence-electron chi connectivity index (χ3n) is 9.95. The number of aromatic nitrogens is 2. The number of hydrogen-bond acceptors (Lipinski definition) is 6. The molecule has 6 nitrogen and oxygen atoms in total. The van der Waals surface area contributed by atoms with E-state index in [1.165, 1.54) is 28.3 Å². The highest BCUT2D eigenvalue weighted by Gasteiger charge is 2.43. The van der Waals surface area contributed by atoms with Crippen LogP contribution in [0.5, 0.6) is 0 Å². The van der Waals surface area contributed by atoms with Gasteiger partial charge in [0, 0.05) is 33.6 Å². The number of carboxylic acids is 1. The van der Waals surface area contributed by atoms with Gasteiger partial charge in [0.2, 0.25) is 0 Å². The molecule has 7 heteroatoms. The van der Waals surface area contributed by atoms with Gasteiger partial charge in [0.05, 0.1) is 11.7 Å². The van der Waals surface area contributed by atoms with Crippen molar-refractivity contribution >= 4 is 51.9 Å². The molecule has 1 aliphatic carbocycles. The maximum absolute atomic E-state index is 11.6. The Morgan fingerprint density at radius 1 is 0.760 bits per heavy atom. The molecule has 1 heterocycles. The van der Waals surface area contributed by atoms with E-state index in [1.807, 2.05) is 12.1 Å². The van der Waals surface area contributed by atoms with Crippen LogP contribution in [-0.4, -0.2) is 19.8 Å². The third kappa shape index (κ3) is 5.86. The van der Waals surface area contributed by atoms with Crippen LogP contribution in [0.25, 0.3) is 39.4 Å². The summed E-state index contributed by atoms with van der Waals surface area (Å²) in [7, 11) is 0. The van der Waals surface area contributed by atoms with Gasteiger partial charge in [-0.1, -0.05) is 106 Å². The fourth-order valence-electron chi connectivity index (χ4n) is 7.54. The number of nitrogens with zero attached hydrogens (tertiary/aromatic N) is 4. The van der Waals surface area contributed by atoms with Gasteiger partial charge in [0.25, 0.3) is 0 Å². The van der Waals surface area contributed by atoms with E-state index in [-0.39, 0.29) is 11.0 Å². The van der Waals surface area contributed by atoms with Crippen molar-refractivity contribution in [2.24, 2.45) is 0 Å². The summed E-state index contributed by atoms with van der Waals surface area (Å²) in [5, 5.41) is 18.8. The molecule has 0 saturated carbocycles. The summed E-state index contributed by atoms with van der Waals surface area (Å²) in [4.78, 5) is 13.9. The molecule has 0 spiro atoms. The highest BCUT2D eigenvalue weighted by atomic mass is 32.1. The van der Waals surface area contributed by atoms with Crippen molar-refractivity contribution in [1.29, 1.82) is 5.26 Å². The topological polar surface area (TPSA) is 90.1 Å². The molecule has 0 radical (unpaired) electrons. The second-order valence-electron chi connectivity index (χ2n) is 12.9. The second kappa shape index (κ2) is 14.1. The van der Waals surface area contributed by atoms with Crippen molar-refractivity contribution in [2.45, 2.75) is 57.8 Å². The molecule has 0 fully saturated rings. The normalized spacial score (nSPS) is 13.1. The lowest BCUT2D eigenvalue weighted by molar-refractivity contribution is -0.132. The van der Waals surface area contributed by atoms with Gasteiger partial charge in [-0.15, -0.1) is 0 Å². The first-order valence-corrected chi connectivity index (χ1v) is 18.0. The number of benzene rings is 5. The van der Waals surface area contributed by atoms with Crippen LogP contribution in [0.4, 0.5) is 17.1 Å². The molecule has 1 aliphatic rings. The second-order valence-corrected chi connectivity index (χ2v) is 13.5. The minimum absolute atomic E-state index is 0.160. The molecule has 50 heavy (non-hydrogen) atoms. The van der Waals surface area contributed by atoms with E-state index in [1.54, 1.807) is 6.07 Å². The van der Waals surface area contributed by atoms with E-state index in [9.17, 15) is 15.2 Å². The number of carbonyl (C=O) groups is 1. The number of anilines is 3. The molecule has 1 N–H and O–H groups in total. The number of aliphatic carboxylic acids is 1. The predicted octanol–water partition coefficient (Wildman–Crippen LogP) is 11.5. The Kier molecular flexibility index (Phi) is 9.29. The molecule has 0 aliphatic heterocycles. The summed E-state index contributed by atoms with van der Waals surface area (Å²) >= 11 is 1.09. The van der Waals surface area contributed by atoms with Crippen LogP contribution >= 0.6 is 11.7 Å². The summed E-state index contributed by atoms with van der Waals surface area (Å²) in [5.41, 5.74) is 12.1. The minimum Gasteiger partial charge on any atom is -0.477 e. The van der Waals surface area contributed by atoms with Crippen LogP contribution in [0.15, 0.2) is 115 Å². The highest BCUT2D eigenvalue weighted by Crippen LogP contribution is 2.56. The summed E-state index contributed by atoms with van der Waals surface area (Å²) in [5.74, 6) is -1.26. The average molecular weight is 675 g/mol. The largest absolute Gasteiger partial charge is 0.477 e. The number of nitriles is 1. The van der Waals surface area contributed by atoms with Gasteiger partial charge < -0.3 is 10.0 Å². The zero-order valence-corrected chi connectivity index (χ0v) is 29.1. The maximum Gasteiger partial charge on any atom is 0.346 e. The molecular formula is C43H38N4O2S. The summed E-state index contributed by atoms with van der Waals surface area (Å²) < 4.78 is 9.18. The van der Waals surface area contributed by atoms with E-state index in [2.05, 4.69) is 125 Å². The fourth-order valence-corrected chi connectivity index (χ4v) is 8.13. The number of para-hydroxylation sites is 2. The van der Waals surface area contributed by atoms with Crippen molar-refractivity contribution < 1.29 is 9.90 Å². The molecule has 0 unspecified atom stereocenters. The van der Waals surface area contributed by atoms with Gasteiger partial charge in [-0.2, -0.15) is 14.0 Å². The fraction of sp³-hybridized carbons (Fsp3) is 0.209. The first-order chi connectivity index (χ1) is 24.5. The van der Waals surface area contributed by atoms with Crippen LogP contribution in [0.1, 0.15) is 69.1 Å². The zero-order chi connectivity index (χ0) is 34.7. The number of hydrogen-bond donors (Lipinski definition) is 1. The van der Waals surface area contributed by atoms with Crippen LogP contribution < -0.4 is 4.90 Å². The Hall–Kier alpha value is -5.58. The molecule has 0 bridgehead atoms. The van der Waals surface area contributed by atoms with Gasteiger partial charge in [-0.05, 0) is 89.2 Å². The minimum atomic E-state index is -1.26. The van der Waals surface area contributed by atoms with E-state index >= 15 is 0 Å². The predicted molar refractivity (Wildman–Crippen MR) is 204 cm³/mol. The van der Waals surface area contributed by atoms with Crippen LogP contribution in [0.3, 0.4) is 0 Å². The zero-order valence-electron chi connectivity index (χ0n) is 28.3. The first kappa shape index (κ1) is 32.9. The molecule has 7 rings (SSSR count). The van der Waals surface area contributed by atoms with Gasteiger partial charge in [-0.3, -0.25) is 0 Å². The Morgan fingerprint density at radius 2 is 1.34 bits per heavy atom.